The number of hydrogen-bond acceptors (Lipinski definition) is 2. The summed E-state index contributed by atoms with van der Waals surface area (Å²) in [7, 11) is 0. The summed E-state index contributed by atoms with van der Waals surface area (Å²) < 4.78 is 0.910. The molecule has 2 aromatic rings. The van der Waals surface area contributed by atoms with Crippen molar-refractivity contribution in [1.82, 2.24) is 4.98 Å². The lowest BCUT2D eigenvalue weighted by molar-refractivity contribution is 1.30. The quantitative estimate of drug-likeness (QED) is 0.879. The Morgan fingerprint density at radius 2 is 2.06 bits per heavy atom. The van der Waals surface area contributed by atoms with Crippen LogP contribution in [0.5, 0.6) is 0 Å². The molecule has 2 rings (SSSR count). The number of aryl methyl sites for hydroxylation is 1. The Kier molecular flexibility index (Phi) is 3.46. The summed E-state index contributed by atoms with van der Waals surface area (Å²) in [6.45, 7) is 2.03. The van der Waals surface area contributed by atoms with Crippen molar-refractivity contribution in [2.45, 2.75) is 6.92 Å². The lowest BCUT2D eigenvalue weighted by Crippen LogP contribution is -1.93. The number of hydrogen-bond donors (Lipinski definition) is 1. The molecule has 82 valence electrons. The average molecular weight is 298 g/mol. The molecule has 0 radical (unpaired) electrons. The van der Waals surface area contributed by atoms with Crippen molar-refractivity contribution in [3.63, 3.8) is 0 Å². The van der Waals surface area contributed by atoms with Gasteiger partial charge in [-0.3, -0.25) is 4.98 Å². The summed E-state index contributed by atoms with van der Waals surface area (Å²) in [5.74, 6) is 0. The van der Waals surface area contributed by atoms with E-state index in [9.17, 15) is 0 Å². The molecule has 2 nitrogen and oxygen atoms in total. The number of aromatic nitrogens is 1. The van der Waals surface area contributed by atoms with Crippen LogP contribution in [0.2, 0.25) is 5.02 Å². The molecule has 0 atom stereocenters. The van der Waals surface area contributed by atoms with E-state index in [1.807, 2.05) is 31.2 Å². The maximum atomic E-state index is 6.11. The van der Waals surface area contributed by atoms with Crippen LogP contribution in [0.3, 0.4) is 0 Å². The van der Waals surface area contributed by atoms with Crippen LogP contribution in [0.15, 0.2) is 41.1 Å². The van der Waals surface area contributed by atoms with E-state index in [2.05, 4.69) is 26.2 Å². The lowest BCUT2D eigenvalue weighted by atomic mass is 10.2. The van der Waals surface area contributed by atoms with Crippen molar-refractivity contribution < 1.29 is 0 Å². The molecule has 1 aromatic carbocycles. The maximum absolute atomic E-state index is 6.11. The molecule has 0 amide bonds. The molecular weight excluding hydrogens is 288 g/mol. The van der Waals surface area contributed by atoms with E-state index >= 15 is 0 Å². The van der Waals surface area contributed by atoms with Crippen LogP contribution in [-0.4, -0.2) is 4.98 Å². The summed E-state index contributed by atoms with van der Waals surface area (Å²) in [6.07, 6.45) is 3.48. The van der Waals surface area contributed by atoms with E-state index in [0.29, 0.717) is 5.02 Å². The van der Waals surface area contributed by atoms with Gasteiger partial charge in [-0.05, 0) is 46.6 Å². The molecule has 0 fully saturated rings. The van der Waals surface area contributed by atoms with E-state index in [1.165, 1.54) is 0 Å². The molecule has 0 bridgehead atoms. The van der Waals surface area contributed by atoms with E-state index in [-0.39, 0.29) is 0 Å². The van der Waals surface area contributed by atoms with Crippen LogP contribution < -0.4 is 5.32 Å². The van der Waals surface area contributed by atoms with Gasteiger partial charge in [0.15, 0.2) is 0 Å². The highest BCUT2D eigenvalue weighted by molar-refractivity contribution is 9.10. The van der Waals surface area contributed by atoms with Crippen LogP contribution in [0.1, 0.15) is 5.56 Å². The second-order valence-corrected chi connectivity index (χ2v) is 4.73. The van der Waals surface area contributed by atoms with Crippen molar-refractivity contribution in [3.05, 3.63) is 51.7 Å². The van der Waals surface area contributed by atoms with Gasteiger partial charge in [0.25, 0.3) is 0 Å². The van der Waals surface area contributed by atoms with Crippen molar-refractivity contribution >= 4 is 38.9 Å². The first kappa shape index (κ1) is 11.4. The van der Waals surface area contributed by atoms with Gasteiger partial charge in [0.05, 0.1) is 20.9 Å². The average Bonchev–Trinajstić information content (AvgIpc) is 2.27. The van der Waals surface area contributed by atoms with Gasteiger partial charge >= 0.3 is 0 Å². The third-order valence-electron chi connectivity index (χ3n) is 2.16. The Bertz CT molecular complexity index is 514. The van der Waals surface area contributed by atoms with Crippen molar-refractivity contribution in [2.75, 3.05) is 5.32 Å². The number of nitrogens with zero attached hydrogens (tertiary/aromatic N) is 1. The third-order valence-corrected chi connectivity index (χ3v) is 3.13. The summed E-state index contributed by atoms with van der Waals surface area (Å²) in [5.41, 5.74) is 3.01. The van der Waals surface area contributed by atoms with Crippen LogP contribution in [0.4, 0.5) is 11.4 Å². The number of rotatable bonds is 2. The normalized spacial score (nSPS) is 10.2. The van der Waals surface area contributed by atoms with Crippen LogP contribution >= 0.6 is 27.5 Å². The van der Waals surface area contributed by atoms with Crippen molar-refractivity contribution in [1.29, 1.82) is 0 Å². The van der Waals surface area contributed by atoms with E-state index < -0.39 is 0 Å². The van der Waals surface area contributed by atoms with Gasteiger partial charge < -0.3 is 5.32 Å². The molecule has 0 saturated heterocycles. The first-order valence-electron chi connectivity index (χ1n) is 4.79. The summed E-state index contributed by atoms with van der Waals surface area (Å²) >= 11 is 9.53. The predicted octanol–water partition coefficient (Wildman–Crippen LogP) is 4.55. The van der Waals surface area contributed by atoms with Crippen molar-refractivity contribution in [3.8, 4) is 0 Å². The Balaban J connectivity index is 2.34. The topological polar surface area (TPSA) is 24.9 Å². The third kappa shape index (κ3) is 2.54. The van der Waals surface area contributed by atoms with E-state index in [4.69, 9.17) is 11.6 Å². The molecule has 0 spiro atoms. The summed E-state index contributed by atoms with van der Waals surface area (Å²) in [5, 5.41) is 3.97. The largest absolute Gasteiger partial charge is 0.353 e. The minimum Gasteiger partial charge on any atom is -0.353 e. The summed E-state index contributed by atoms with van der Waals surface area (Å²) in [4.78, 5) is 4.01. The van der Waals surface area contributed by atoms with Crippen LogP contribution in [0.25, 0.3) is 0 Å². The fourth-order valence-electron chi connectivity index (χ4n) is 1.36. The Labute approximate surface area is 108 Å². The van der Waals surface area contributed by atoms with Gasteiger partial charge in [-0.1, -0.05) is 17.7 Å². The number of anilines is 2. The first-order valence-corrected chi connectivity index (χ1v) is 5.96. The van der Waals surface area contributed by atoms with Crippen molar-refractivity contribution in [2.24, 2.45) is 0 Å². The zero-order valence-electron chi connectivity index (χ0n) is 8.67. The SMILES string of the molecule is Cc1ccc(Cl)c(Nc2ccncc2Br)c1. The number of nitrogens with one attached hydrogen (secondary N) is 1. The zero-order chi connectivity index (χ0) is 11.5. The molecule has 0 saturated carbocycles. The fraction of sp³-hybridized carbons (Fsp3) is 0.0833. The Hall–Kier alpha value is -1.06. The van der Waals surface area contributed by atoms with Gasteiger partial charge in [0.1, 0.15) is 0 Å². The Morgan fingerprint density at radius 1 is 1.25 bits per heavy atom. The second kappa shape index (κ2) is 4.85. The van der Waals surface area contributed by atoms with Gasteiger partial charge in [0.2, 0.25) is 0 Å². The lowest BCUT2D eigenvalue weighted by Gasteiger charge is -2.10. The number of pyridine rings is 1. The molecule has 1 N–H and O–H groups in total. The van der Waals surface area contributed by atoms with E-state index in [1.54, 1.807) is 12.4 Å². The van der Waals surface area contributed by atoms with Gasteiger partial charge in [0, 0.05) is 12.4 Å². The number of halogens is 2. The predicted molar refractivity (Wildman–Crippen MR) is 71.4 cm³/mol. The monoisotopic (exact) mass is 296 g/mol. The Morgan fingerprint density at radius 3 is 2.81 bits per heavy atom. The van der Waals surface area contributed by atoms with Crippen LogP contribution in [-0.2, 0) is 0 Å². The minimum absolute atomic E-state index is 0.703. The first-order chi connectivity index (χ1) is 7.66. The van der Waals surface area contributed by atoms with E-state index in [0.717, 1.165) is 21.4 Å². The molecule has 0 aliphatic rings. The molecule has 1 aromatic heterocycles. The van der Waals surface area contributed by atoms with Crippen LogP contribution in [0, 0.1) is 6.92 Å². The highest BCUT2D eigenvalue weighted by Crippen LogP contribution is 2.29. The molecule has 4 heteroatoms. The second-order valence-electron chi connectivity index (χ2n) is 3.46. The van der Waals surface area contributed by atoms with Gasteiger partial charge in [-0.25, -0.2) is 0 Å². The van der Waals surface area contributed by atoms with Gasteiger partial charge in [-0.15, -0.1) is 0 Å². The summed E-state index contributed by atoms with van der Waals surface area (Å²) in [6, 6.07) is 7.77. The standard InChI is InChI=1S/C12H10BrClN2/c1-8-2-3-10(14)12(6-8)16-11-4-5-15-7-9(11)13/h2-7H,1H3,(H,15,16). The zero-order valence-corrected chi connectivity index (χ0v) is 11.0. The smallest absolute Gasteiger partial charge is 0.0641 e. The highest BCUT2D eigenvalue weighted by atomic mass is 79.9. The highest BCUT2D eigenvalue weighted by Gasteiger charge is 2.03. The molecule has 16 heavy (non-hydrogen) atoms. The molecule has 0 aliphatic heterocycles. The minimum atomic E-state index is 0.703. The molecule has 1 heterocycles. The maximum Gasteiger partial charge on any atom is 0.0641 e. The molecule has 0 unspecified atom stereocenters. The molecule has 0 aliphatic carbocycles. The fourth-order valence-corrected chi connectivity index (χ4v) is 1.87. The van der Waals surface area contributed by atoms with Gasteiger partial charge in [-0.2, -0.15) is 0 Å². The number of benzene rings is 1. The molecular formula is C12H10BrClN2.